The van der Waals surface area contributed by atoms with Gasteiger partial charge in [-0.05, 0) is 61.4 Å². The first-order valence-electron chi connectivity index (χ1n) is 8.78. The van der Waals surface area contributed by atoms with E-state index in [4.69, 9.17) is 4.74 Å². The number of aliphatic hydroxyl groups is 1. The molecule has 134 valence electrons. The Bertz CT molecular complexity index is 740. The van der Waals surface area contributed by atoms with Gasteiger partial charge in [-0.2, -0.15) is 0 Å². The summed E-state index contributed by atoms with van der Waals surface area (Å²) in [5.74, 6) is 1.31. The SMILES string of the molecule is Cc1cccc(OCC(O)CNC(=O)c2cc3c(s2)CCC(C)C3)c1. The van der Waals surface area contributed by atoms with Crippen molar-refractivity contribution in [2.75, 3.05) is 13.2 Å². The van der Waals surface area contributed by atoms with Gasteiger partial charge in [0.05, 0.1) is 4.88 Å². The molecule has 0 spiro atoms. The number of carbonyl (C=O) groups is 1. The van der Waals surface area contributed by atoms with Gasteiger partial charge in [0.1, 0.15) is 18.5 Å². The van der Waals surface area contributed by atoms with Gasteiger partial charge >= 0.3 is 0 Å². The highest BCUT2D eigenvalue weighted by Gasteiger charge is 2.21. The maximum atomic E-state index is 12.3. The highest BCUT2D eigenvalue weighted by atomic mass is 32.1. The van der Waals surface area contributed by atoms with Crippen LogP contribution in [0.3, 0.4) is 0 Å². The van der Waals surface area contributed by atoms with Crippen LogP contribution in [0.5, 0.6) is 5.75 Å². The van der Waals surface area contributed by atoms with Gasteiger partial charge in [-0.15, -0.1) is 11.3 Å². The molecule has 1 aliphatic rings. The summed E-state index contributed by atoms with van der Waals surface area (Å²) in [5, 5.41) is 12.8. The molecular formula is C20H25NO3S. The van der Waals surface area contributed by atoms with Crippen molar-refractivity contribution in [3.05, 3.63) is 51.2 Å². The number of hydrogen-bond donors (Lipinski definition) is 2. The van der Waals surface area contributed by atoms with Crippen LogP contribution in [0, 0.1) is 12.8 Å². The second-order valence-electron chi connectivity index (χ2n) is 6.90. The Balaban J connectivity index is 1.47. The maximum Gasteiger partial charge on any atom is 0.261 e. The minimum atomic E-state index is -0.737. The van der Waals surface area contributed by atoms with E-state index in [0.29, 0.717) is 5.92 Å². The molecular weight excluding hydrogens is 334 g/mol. The zero-order valence-electron chi connectivity index (χ0n) is 14.7. The molecule has 1 aromatic heterocycles. The van der Waals surface area contributed by atoms with Crippen LogP contribution < -0.4 is 10.1 Å². The minimum absolute atomic E-state index is 0.110. The average Bonchev–Trinajstić information content (AvgIpc) is 3.01. The van der Waals surface area contributed by atoms with E-state index in [0.717, 1.165) is 29.0 Å². The molecule has 1 aromatic carbocycles. The fourth-order valence-corrected chi connectivity index (χ4v) is 4.20. The molecule has 2 unspecified atom stereocenters. The maximum absolute atomic E-state index is 12.3. The van der Waals surface area contributed by atoms with Crippen LogP contribution in [0.4, 0.5) is 0 Å². The summed E-state index contributed by atoms with van der Waals surface area (Å²) in [6, 6.07) is 9.70. The summed E-state index contributed by atoms with van der Waals surface area (Å²) in [7, 11) is 0. The van der Waals surface area contributed by atoms with E-state index >= 15 is 0 Å². The fraction of sp³-hybridized carbons (Fsp3) is 0.450. The summed E-state index contributed by atoms with van der Waals surface area (Å²) in [6.45, 7) is 4.58. The zero-order chi connectivity index (χ0) is 17.8. The van der Waals surface area contributed by atoms with Crippen molar-refractivity contribution in [2.24, 2.45) is 5.92 Å². The molecule has 0 radical (unpaired) electrons. The van der Waals surface area contributed by atoms with Crippen molar-refractivity contribution in [1.29, 1.82) is 0 Å². The third kappa shape index (κ3) is 4.83. The van der Waals surface area contributed by atoms with Crippen LogP contribution in [0.1, 0.15) is 39.0 Å². The number of hydrogen-bond acceptors (Lipinski definition) is 4. The van der Waals surface area contributed by atoms with Gasteiger partial charge in [0.2, 0.25) is 0 Å². The Morgan fingerprint density at radius 2 is 2.28 bits per heavy atom. The molecule has 4 nitrogen and oxygen atoms in total. The van der Waals surface area contributed by atoms with E-state index in [2.05, 4.69) is 12.2 Å². The van der Waals surface area contributed by atoms with Gasteiger partial charge < -0.3 is 15.2 Å². The third-order valence-corrected chi connectivity index (χ3v) is 5.72. The second-order valence-corrected chi connectivity index (χ2v) is 8.04. The Morgan fingerprint density at radius 1 is 1.44 bits per heavy atom. The highest BCUT2D eigenvalue weighted by molar-refractivity contribution is 7.14. The van der Waals surface area contributed by atoms with E-state index < -0.39 is 6.10 Å². The van der Waals surface area contributed by atoms with Crippen LogP contribution in [-0.4, -0.2) is 30.3 Å². The first kappa shape index (κ1) is 18.0. The number of nitrogens with one attached hydrogen (secondary N) is 1. The number of amides is 1. The standard InChI is InChI=1S/C20H25NO3S/c1-13-4-3-5-17(9-13)24-12-16(22)11-21-20(23)19-10-15-8-14(2)6-7-18(15)25-19/h3-5,9-10,14,16,22H,6-8,11-12H2,1-2H3,(H,21,23). The van der Waals surface area contributed by atoms with Gasteiger partial charge in [0, 0.05) is 11.4 Å². The molecule has 0 saturated heterocycles. The number of carbonyl (C=O) groups excluding carboxylic acids is 1. The lowest BCUT2D eigenvalue weighted by Gasteiger charge is -2.16. The van der Waals surface area contributed by atoms with Crippen LogP contribution in [-0.2, 0) is 12.8 Å². The van der Waals surface area contributed by atoms with Crippen LogP contribution >= 0.6 is 11.3 Å². The van der Waals surface area contributed by atoms with Crippen molar-refractivity contribution in [3.63, 3.8) is 0 Å². The molecule has 5 heteroatoms. The van der Waals surface area contributed by atoms with Gasteiger partial charge in [-0.25, -0.2) is 0 Å². The molecule has 1 amide bonds. The van der Waals surface area contributed by atoms with Gasteiger partial charge in [0.15, 0.2) is 0 Å². The molecule has 0 fully saturated rings. The molecule has 3 rings (SSSR count). The highest BCUT2D eigenvalue weighted by Crippen LogP contribution is 2.32. The quantitative estimate of drug-likeness (QED) is 0.831. The summed E-state index contributed by atoms with van der Waals surface area (Å²) < 4.78 is 5.57. The average molecular weight is 359 g/mol. The smallest absolute Gasteiger partial charge is 0.261 e. The first-order valence-corrected chi connectivity index (χ1v) is 9.60. The number of fused-ring (bicyclic) bond motifs is 1. The van der Waals surface area contributed by atoms with E-state index in [1.807, 2.05) is 37.3 Å². The minimum Gasteiger partial charge on any atom is -0.491 e. The molecule has 2 aromatic rings. The summed E-state index contributed by atoms with van der Waals surface area (Å²) >= 11 is 1.58. The number of rotatable bonds is 6. The van der Waals surface area contributed by atoms with Crippen molar-refractivity contribution in [2.45, 2.75) is 39.2 Å². The monoisotopic (exact) mass is 359 g/mol. The molecule has 1 aliphatic carbocycles. The Labute approximate surface area is 152 Å². The van der Waals surface area contributed by atoms with E-state index in [9.17, 15) is 9.90 Å². The largest absolute Gasteiger partial charge is 0.491 e. The number of thiophene rings is 1. The normalized spacial score (nSPS) is 17.6. The molecule has 1 heterocycles. The first-order chi connectivity index (χ1) is 12.0. The van der Waals surface area contributed by atoms with Crippen molar-refractivity contribution >= 4 is 17.2 Å². The van der Waals surface area contributed by atoms with Crippen LogP contribution in [0.2, 0.25) is 0 Å². The third-order valence-electron chi connectivity index (χ3n) is 4.48. The number of aliphatic hydroxyl groups excluding tert-OH is 1. The Kier molecular flexibility index (Phi) is 5.76. The van der Waals surface area contributed by atoms with Gasteiger partial charge in [-0.1, -0.05) is 19.1 Å². The van der Waals surface area contributed by atoms with Crippen molar-refractivity contribution in [3.8, 4) is 5.75 Å². The van der Waals surface area contributed by atoms with Gasteiger partial charge in [-0.3, -0.25) is 4.79 Å². The van der Waals surface area contributed by atoms with Crippen molar-refractivity contribution in [1.82, 2.24) is 5.32 Å². The number of ether oxygens (including phenoxy) is 1. The predicted molar refractivity (Wildman–Crippen MR) is 101 cm³/mol. The summed E-state index contributed by atoms with van der Waals surface area (Å²) in [6.07, 6.45) is 2.59. The number of benzene rings is 1. The predicted octanol–water partition coefficient (Wildman–Crippen LogP) is 3.35. The van der Waals surface area contributed by atoms with Crippen LogP contribution in [0.25, 0.3) is 0 Å². The second kappa shape index (κ2) is 8.02. The lowest BCUT2D eigenvalue weighted by molar-refractivity contribution is 0.0847. The van der Waals surface area contributed by atoms with E-state index in [-0.39, 0.29) is 19.1 Å². The lowest BCUT2D eigenvalue weighted by Crippen LogP contribution is -2.35. The number of aryl methyl sites for hydroxylation is 2. The molecule has 0 aliphatic heterocycles. The van der Waals surface area contributed by atoms with E-state index in [1.165, 1.54) is 16.9 Å². The van der Waals surface area contributed by atoms with Crippen LogP contribution in [0.15, 0.2) is 30.3 Å². The van der Waals surface area contributed by atoms with Gasteiger partial charge in [0.25, 0.3) is 5.91 Å². The molecule has 0 bridgehead atoms. The Hall–Kier alpha value is -1.85. The summed E-state index contributed by atoms with van der Waals surface area (Å²) in [4.78, 5) is 14.4. The molecule has 25 heavy (non-hydrogen) atoms. The zero-order valence-corrected chi connectivity index (χ0v) is 15.6. The Morgan fingerprint density at radius 3 is 3.08 bits per heavy atom. The topological polar surface area (TPSA) is 58.6 Å². The summed E-state index contributed by atoms with van der Waals surface area (Å²) in [5.41, 5.74) is 2.42. The van der Waals surface area contributed by atoms with E-state index in [1.54, 1.807) is 11.3 Å². The molecule has 0 saturated carbocycles. The fourth-order valence-electron chi connectivity index (χ4n) is 3.07. The molecule has 2 atom stereocenters. The lowest BCUT2D eigenvalue weighted by atomic mass is 9.90. The molecule has 2 N–H and O–H groups in total. The van der Waals surface area contributed by atoms with Crippen molar-refractivity contribution < 1.29 is 14.6 Å².